The molecule has 0 fully saturated rings. The first kappa shape index (κ1) is 16.5. The van der Waals surface area contributed by atoms with Crippen LogP contribution >= 0.6 is 0 Å². The Labute approximate surface area is 133 Å². The van der Waals surface area contributed by atoms with Gasteiger partial charge in [0.05, 0.1) is 18.7 Å². The minimum Gasteiger partial charge on any atom is -0.496 e. The number of hydrogen-bond donors (Lipinski definition) is 2. The average Bonchev–Trinajstić information content (AvgIpc) is 2.97. The summed E-state index contributed by atoms with van der Waals surface area (Å²) in [6.07, 6.45) is 1.42. The van der Waals surface area contributed by atoms with E-state index in [1.54, 1.807) is 19.1 Å². The second-order valence-electron chi connectivity index (χ2n) is 5.03. The van der Waals surface area contributed by atoms with Crippen LogP contribution in [-0.4, -0.2) is 35.6 Å². The van der Waals surface area contributed by atoms with Crippen molar-refractivity contribution in [2.45, 2.75) is 13.3 Å². The van der Waals surface area contributed by atoms with Crippen LogP contribution in [0.25, 0.3) is 0 Å². The third-order valence-electron chi connectivity index (χ3n) is 3.47. The minimum absolute atomic E-state index is 0.0215. The van der Waals surface area contributed by atoms with Gasteiger partial charge in [0, 0.05) is 6.54 Å². The second-order valence-corrected chi connectivity index (χ2v) is 5.03. The average molecular weight is 318 g/mol. The molecule has 0 aliphatic carbocycles. The van der Waals surface area contributed by atoms with Crippen molar-refractivity contribution < 1.29 is 23.8 Å². The van der Waals surface area contributed by atoms with Gasteiger partial charge in [0.15, 0.2) is 6.39 Å². The van der Waals surface area contributed by atoms with Gasteiger partial charge in [0.2, 0.25) is 5.76 Å². The van der Waals surface area contributed by atoms with Gasteiger partial charge in [-0.1, -0.05) is 18.2 Å². The first-order valence-electron chi connectivity index (χ1n) is 7.06. The number of rotatable bonds is 7. The molecule has 0 radical (unpaired) electrons. The van der Waals surface area contributed by atoms with Gasteiger partial charge in [-0.3, -0.25) is 9.59 Å². The summed E-state index contributed by atoms with van der Waals surface area (Å²) in [4.78, 5) is 27.2. The number of ether oxygens (including phenoxy) is 1. The minimum atomic E-state index is -0.995. The normalized spacial score (nSPS) is 11.7. The highest BCUT2D eigenvalue weighted by Gasteiger charge is 2.22. The predicted octanol–water partition coefficient (Wildman–Crippen LogP) is 1.66. The highest BCUT2D eigenvalue weighted by atomic mass is 16.5. The Hall–Kier alpha value is -2.83. The number of oxazole rings is 1. The Bertz CT molecular complexity index is 695. The van der Waals surface area contributed by atoms with Crippen molar-refractivity contribution in [3.63, 3.8) is 0 Å². The van der Waals surface area contributed by atoms with Gasteiger partial charge in [0.25, 0.3) is 5.91 Å². The molecule has 0 saturated carbocycles. The third kappa shape index (κ3) is 4.09. The number of para-hydroxylation sites is 1. The topological polar surface area (TPSA) is 102 Å². The van der Waals surface area contributed by atoms with E-state index in [9.17, 15) is 14.7 Å². The van der Waals surface area contributed by atoms with E-state index in [1.807, 2.05) is 12.1 Å². The number of hydrogen-bond acceptors (Lipinski definition) is 5. The molecular formula is C16H18N2O5. The van der Waals surface area contributed by atoms with E-state index >= 15 is 0 Å². The van der Waals surface area contributed by atoms with Gasteiger partial charge in [0.1, 0.15) is 5.75 Å². The molecule has 1 aromatic heterocycles. The smallest absolute Gasteiger partial charge is 0.308 e. The zero-order valence-corrected chi connectivity index (χ0v) is 12.9. The largest absolute Gasteiger partial charge is 0.496 e. The lowest BCUT2D eigenvalue weighted by Gasteiger charge is -2.15. The van der Waals surface area contributed by atoms with Crippen molar-refractivity contribution in [3.05, 3.63) is 47.7 Å². The van der Waals surface area contributed by atoms with Gasteiger partial charge in [-0.15, -0.1) is 0 Å². The third-order valence-corrected chi connectivity index (χ3v) is 3.47. The van der Waals surface area contributed by atoms with Crippen molar-refractivity contribution in [1.29, 1.82) is 0 Å². The molecule has 0 aliphatic rings. The van der Waals surface area contributed by atoms with Gasteiger partial charge in [-0.05, 0) is 25.0 Å². The highest BCUT2D eigenvalue weighted by molar-refractivity contribution is 5.92. The van der Waals surface area contributed by atoms with Crippen LogP contribution in [-0.2, 0) is 11.2 Å². The van der Waals surface area contributed by atoms with Crippen molar-refractivity contribution in [1.82, 2.24) is 10.3 Å². The van der Waals surface area contributed by atoms with Crippen molar-refractivity contribution >= 4 is 11.9 Å². The number of aromatic nitrogens is 1. The fourth-order valence-corrected chi connectivity index (χ4v) is 2.20. The molecule has 1 atom stereocenters. The zero-order chi connectivity index (χ0) is 16.8. The predicted molar refractivity (Wildman–Crippen MR) is 81.4 cm³/mol. The number of carbonyl (C=O) groups is 2. The molecule has 0 aliphatic heterocycles. The Balaban J connectivity index is 2.03. The Morgan fingerprint density at radius 1 is 1.39 bits per heavy atom. The number of benzene rings is 1. The summed E-state index contributed by atoms with van der Waals surface area (Å²) in [5.41, 5.74) is 1.23. The van der Waals surface area contributed by atoms with E-state index in [-0.39, 0.29) is 18.7 Å². The van der Waals surface area contributed by atoms with Gasteiger partial charge >= 0.3 is 5.97 Å². The number of carboxylic acid groups (broad SMARTS) is 1. The molecule has 7 nitrogen and oxygen atoms in total. The summed E-state index contributed by atoms with van der Waals surface area (Å²) < 4.78 is 10.2. The molecule has 2 rings (SSSR count). The van der Waals surface area contributed by atoms with E-state index in [2.05, 4.69) is 10.3 Å². The number of methoxy groups -OCH3 is 1. The maximum absolute atomic E-state index is 12.0. The molecule has 1 unspecified atom stereocenters. The first-order chi connectivity index (χ1) is 11.0. The molecule has 0 spiro atoms. The van der Waals surface area contributed by atoms with Crippen molar-refractivity contribution in [2.24, 2.45) is 5.92 Å². The van der Waals surface area contributed by atoms with Crippen LogP contribution in [0.4, 0.5) is 0 Å². The fraction of sp³-hybridized carbons (Fsp3) is 0.312. The van der Waals surface area contributed by atoms with E-state index in [0.717, 1.165) is 5.56 Å². The summed E-state index contributed by atoms with van der Waals surface area (Å²) in [5, 5.41) is 11.9. The van der Waals surface area contributed by atoms with Crippen LogP contribution in [0.5, 0.6) is 5.75 Å². The molecule has 2 aromatic rings. The summed E-state index contributed by atoms with van der Waals surface area (Å²) >= 11 is 0. The Morgan fingerprint density at radius 2 is 2.13 bits per heavy atom. The first-order valence-corrected chi connectivity index (χ1v) is 7.06. The summed E-state index contributed by atoms with van der Waals surface area (Å²) in [5.74, 6) is -1.54. The highest BCUT2D eigenvalue weighted by Crippen LogP contribution is 2.21. The number of aryl methyl sites for hydroxylation is 1. The van der Waals surface area contributed by atoms with Crippen LogP contribution in [0.15, 0.2) is 35.1 Å². The van der Waals surface area contributed by atoms with Crippen LogP contribution in [0.2, 0.25) is 0 Å². The lowest BCUT2D eigenvalue weighted by Crippen LogP contribution is -2.34. The summed E-state index contributed by atoms with van der Waals surface area (Å²) in [6.45, 7) is 1.62. The van der Waals surface area contributed by atoms with E-state index in [0.29, 0.717) is 11.4 Å². The van der Waals surface area contributed by atoms with Crippen molar-refractivity contribution in [2.75, 3.05) is 13.7 Å². The Morgan fingerprint density at radius 3 is 2.74 bits per heavy atom. The molecule has 122 valence electrons. The van der Waals surface area contributed by atoms with Gasteiger partial charge in [-0.25, -0.2) is 4.98 Å². The van der Waals surface area contributed by atoms with Crippen LogP contribution < -0.4 is 10.1 Å². The number of nitrogens with zero attached hydrogens (tertiary/aromatic N) is 1. The standard InChI is InChI=1S/C16H18N2O5/c1-10-14(23-9-18-10)15(19)17-8-12(16(20)21)7-11-5-3-4-6-13(11)22-2/h3-6,9,12H,7-8H2,1-2H3,(H,17,19)(H,20,21). The SMILES string of the molecule is COc1ccccc1CC(CNC(=O)c1ocnc1C)C(=O)O. The summed E-state index contributed by atoms with van der Waals surface area (Å²) in [7, 11) is 1.53. The van der Waals surface area contributed by atoms with Crippen LogP contribution in [0, 0.1) is 12.8 Å². The molecule has 1 aromatic carbocycles. The van der Waals surface area contributed by atoms with Gasteiger partial charge in [-0.2, -0.15) is 0 Å². The maximum Gasteiger partial charge on any atom is 0.308 e. The monoisotopic (exact) mass is 318 g/mol. The number of amides is 1. The molecular weight excluding hydrogens is 300 g/mol. The second kappa shape index (κ2) is 7.44. The van der Waals surface area contributed by atoms with E-state index < -0.39 is 17.8 Å². The molecule has 2 N–H and O–H groups in total. The van der Waals surface area contributed by atoms with Crippen molar-refractivity contribution in [3.8, 4) is 5.75 Å². The number of aliphatic carboxylic acids is 1. The Kier molecular flexibility index (Phi) is 5.35. The molecule has 0 saturated heterocycles. The summed E-state index contributed by atoms with van der Waals surface area (Å²) in [6, 6.07) is 7.20. The molecule has 1 heterocycles. The quantitative estimate of drug-likeness (QED) is 0.805. The van der Waals surface area contributed by atoms with Crippen LogP contribution in [0.1, 0.15) is 21.8 Å². The zero-order valence-electron chi connectivity index (χ0n) is 12.9. The molecule has 23 heavy (non-hydrogen) atoms. The van der Waals surface area contributed by atoms with Gasteiger partial charge < -0.3 is 19.6 Å². The lowest BCUT2D eigenvalue weighted by atomic mass is 9.98. The van der Waals surface area contributed by atoms with E-state index in [4.69, 9.17) is 9.15 Å². The number of carbonyl (C=O) groups excluding carboxylic acids is 1. The fourth-order valence-electron chi connectivity index (χ4n) is 2.20. The molecule has 1 amide bonds. The van der Waals surface area contributed by atoms with Crippen LogP contribution in [0.3, 0.4) is 0 Å². The number of carboxylic acids is 1. The van der Waals surface area contributed by atoms with E-state index in [1.165, 1.54) is 13.5 Å². The molecule has 7 heteroatoms. The maximum atomic E-state index is 12.0. The molecule has 0 bridgehead atoms. The lowest BCUT2D eigenvalue weighted by molar-refractivity contribution is -0.141. The number of nitrogens with one attached hydrogen (secondary N) is 1.